The van der Waals surface area contributed by atoms with Crippen LogP contribution in [0.5, 0.6) is 0 Å². The van der Waals surface area contributed by atoms with Crippen molar-refractivity contribution in [3.05, 3.63) is 35.5 Å². The maximum atomic E-state index is 12.1. The Morgan fingerprint density at radius 1 is 1.14 bits per heavy atom. The Morgan fingerprint density at radius 2 is 1.77 bits per heavy atom. The number of anilines is 1. The maximum absolute atomic E-state index is 12.1. The van der Waals surface area contributed by atoms with Crippen LogP contribution in [0.2, 0.25) is 0 Å². The fourth-order valence-corrected chi connectivity index (χ4v) is 2.52. The van der Waals surface area contributed by atoms with Crippen molar-refractivity contribution in [2.75, 3.05) is 38.7 Å². The Morgan fingerprint density at radius 3 is 2.32 bits per heavy atom. The largest absolute Gasteiger partial charge is 0.466 e. The van der Waals surface area contributed by atoms with E-state index in [9.17, 15) is 9.59 Å². The van der Waals surface area contributed by atoms with Crippen molar-refractivity contribution >= 4 is 29.4 Å². The van der Waals surface area contributed by atoms with Crippen LogP contribution in [0.3, 0.4) is 0 Å². The van der Waals surface area contributed by atoms with Gasteiger partial charge in [0.2, 0.25) is 0 Å². The molecule has 0 unspecified atom stereocenters. The Labute approximate surface area is 133 Å². The summed E-state index contributed by atoms with van der Waals surface area (Å²) in [5.41, 5.74) is 1.03. The van der Waals surface area contributed by atoms with Gasteiger partial charge in [-0.05, 0) is 30.5 Å². The first-order chi connectivity index (χ1) is 10.6. The van der Waals surface area contributed by atoms with Crippen LogP contribution >= 0.6 is 11.8 Å². The maximum Gasteiger partial charge on any atom is 0.355 e. The van der Waals surface area contributed by atoms with E-state index >= 15 is 0 Å². The van der Waals surface area contributed by atoms with Gasteiger partial charge in [0, 0.05) is 10.6 Å². The smallest absolute Gasteiger partial charge is 0.355 e. The van der Waals surface area contributed by atoms with Crippen molar-refractivity contribution in [1.82, 2.24) is 0 Å². The Hall–Kier alpha value is -1.99. The topological polar surface area (TPSA) is 65.1 Å². The van der Waals surface area contributed by atoms with E-state index < -0.39 is 11.9 Å². The molecule has 22 heavy (non-hydrogen) atoms. The fourth-order valence-electron chi connectivity index (χ4n) is 2.11. The molecule has 118 valence electrons. The molecule has 0 bridgehead atoms. The van der Waals surface area contributed by atoms with Gasteiger partial charge in [-0.15, -0.1) is 11.8 Å². The summed E-state index contributed by atoms with van der Waals surface area (Å²) in [7, 11) is 2.53. The Bertz CT molecular complexity index is 596. The molecule has 2 rings (SSSR count). The van der Waals surface area contributed by atoms with E-state index in [0.717, 1.165) is 10.6 Å². The lowest BCUT2D eigenvalue weighted by Crippen LogP contribution is -2.38. The van der Waals surface area contributed by atoms with Crippen LogP contribution in [-0.2, 0) is 23.8 Å². The van der Waals surface area contributed by atoms with Crippen molar-refractivity contribution in [1.29, 1.82) is 0 Å². The van der Waals surface area contributed by atoms with Gasteiger partial charge in [-0.3, -0.25) is 0 Å². The van der Waals surface area contributed by atoms with Gasteiger partial charge in [0.15, 0.2) is 0 Å². The van der Waals surface area contributed by atoms with Crippen LogP contribution in [0.1, 0.15) is 0 Å². The molecular weight excluding hydrogens is 306 g/mol. The fraction of sp³-hybridized carbons (Fsp3) is 0.333. The molecule has 0 atom stereocenters. The summed E-state index contributed by atoms with van der Waals surface area (Å²) < 4.78 is 14.9. The van der Waals surface area contributed by atoms with E-state index in [1.165, 1.54) is 14.2 Å². The average Bonchev–Trinajstić information content (AvgIpc) is 2.59. The minimum absolute atomic E-state index is 0.0104. The molecule has 0 saturated carbocycles. The van der Waals surface area contributed by atoms with Crippen LogP contribution in [0.15, 0.2) is 40.4 Å². The van der Waals surface area contributed by atoms with E-state index in [0.29, 0.717) is 0 Å². The minimum Gasteiger partial charge on any atom is -0.466 e. The van der Waals surface area contributed by atoms with Gasteiger partial charge in [-0.1, -0.05) is 0 Å². The molecule has 0 aromatic heterocycles. The van der Waals surface area contributed by atoms with Crippen LogP contribution in [0, 0.1) is 0 Å². The zero-order valence-electron chi connectivity index (χ0n) is 12.6. The molecule has 0 N–H and O–H groups in total. The summed E-state index contributed by atoms with van der Waals surface area (Å²) in [5.74, 6) is -1.21. The summed E-state index contributed by atoms with van der Waals surface area (Å²) >= 11 is 1.62. The number of rotatable bonds is 4. The summed E-state index contributed by atoms with van der Waals surface area (Å²) in [6.07, 6.45) is 1.98. The van der Waals surface area contributed by atoms with Crippen LogP contribution in [0.25, 0.3) is 0 Å². The number of nitrogens with zero attached hydrogens (tertiary/aromatic N) is 1. The second-order valence-electron chi connectivity index (χ2n) is 4.41. The third-order valence-electron chi connectivity index (χ3n) is 3.22. The lowest BCUT2D eigenvalue weighted by atomic mass is 10.1. The van der Waals surface area contributed by atoms with Gasteiger partial charge < -0.3 is 19.1 Å². The molecule has 0 saturated heterocycles. The Kier molecular flexibility index (Phi) is 5.46. The van der Waals surface area contributed by atoms with Crippen molar-refractivity contribution in [3.63, 3.8) is 0 Å². The molecule has 0 spiro atoms. The first-order valence-corrected chi connectivity index (χ1v) is 7.74. The molecule has 6 nitrogen and oxygen atoms in total. The normalized spacial score (nSPS) is 14.8. The van der Waals surface area contributed by atoms with E-state index in [1.807, 2.05) is 30.5 Å². The summed E-state index contributed by atoms with van der Waals surface area (Å²) in [6.45, 7) is 0.167. The number of esters is 2. The predicted molar refractivity (Wildman–Crippen MR) is 82.6 cm³/mol. The van der Waals surface area contributed by atoms with E-state index in [1.54, 1.807) is 16.7 Å². The highest BCUT2D eigenvalue weighted by Crippen LogP contribution is 2.28. The number of hydrogen-bond acceptors (Lipinski definition) is 7. The second-order valence-corrected chi connectivity index (χ2v) is 5.29. The molecule has 1 aromatic carbocycles. The number of carbonyl (C=O) groups excluding carboxylic acids is 2. The summed E-state index contributed by atoms with van der Waals surface area (Å²) in [5, 5.41) is 0. The van der Waals surface area contributed by atoms with Gasteiger partial charge in [-0.2, -0.15) is 0 Å². The highest BCUT2D eigenvalue weighted by atomic mass is 32.2. The second kappa shape index (κ2) is 7.33. The molecule has 0 aliphatic carbocycles. The first kappa shape index (κ1) is 16.4. The number of carbonyl (C=O) groups is 2. The minimum atomic E-state index is -0.606. The number of benzene rings is 1. The van der Waals surface area contributed by atoms with Gasteiger partial charge in [0.25, 0.3) is 0 Å². The summed E-state index contributed by atoms with van der Waals surface area (Å²) in [4.78, 5) is 26.7. The third-order valence-corrected chi connectivity index (χ3v) is 3.96. The van der Waals surface area contributed by atoms with E-state index in [4.69, 9.17) is 14.2 Å². The predicted octanol–water partition coefficient (Wildman–Crippen LogP) is 1.80. The molecule has 1 heterocycles. The molecular formula is C15H17NO5S. The van der Waals surface area contributed by atoms with Crippen LogP contribution in [-0.4, -0.2) is 45.8 Å². The van der Waals surface area contributed by atoms with Crippen LogP contribution < -0.4 is 4.90 Å². The first-order valence-electron chi connectivity index (χ1n) is 6.51. The summed E-state index contributed by atoms with van der Waals surface area (Å²) in [6, 6.07) is 7.58. The van der Waals surface area contributed by atoms with Gasteiger partial charge in [-0.25, -0.2) is 9.59 Å². The lowest BCUT2D eigenvalue weighted by molar-refractivity contribution is -0.140. The molecule has 0 radical (unpaired) electrons. The monoisotopic (exact) mass is 323 g/mol. The quantitative estimate of drug-likeness (QED) is 0.618. The van der Waals surface area contributed by atoms with E-state index in [2.05, 4.69) is 0 Å². The molecule has 0 fully saturated rings. The molecule has 1 aliphatic heterocycles. The zero-order chi connectivity index (χ0) is 16.1. The van der Waals surface area contributed by atoms with Crippen molar-refractivity contribution < 1.29 is 23.8 Å². The van der Waals surface area contributed by atoms with Crippen molar-refractivity contribution in [2.24, 2.45) is 0 Å². The average molecular weight is 323 g/mol. The SMILES string of the molecule is COC(=O)C1=C(C(=O)OC)N(c2ccc(SC)cc2)COC1. The molecule has 7 heteroatoms. The number of methoxy groups -OCH3 is 2. The number of thioether (sulfide) groups is 1. The van der Waals surface area contributed by atoms with Gasteiger partial charge >= 0.3 is 11.9 Å². The lowest BCUT2D eigenvalue weighted by Gasteiger charge is -2.31. The highest BCUT2D eigenvalue weighted by molar-refractivity contribution is 7.98. The van der Waals surface area contributed by atoms with Crippen LogP contribution in [0.4, 0.5) is 5.69 Å². The van der Waals surface area contributed by atoms with E-state index in [-0.39, 0.29) is 24.6 Å². The zero-order valence-corrected chi connectivity index (χ0v) is 13.4. The van der Waals surface area contributed by atoms with Crippen molar-refractivity contribution in [3.8, 4) is 0 Å². The third kappa shape index (κ3) is 3.26. The number of hydrogen-bond donors (Lipinski definition) is 0. The number of ether oxygens (including phenoxy) is 3. The molecule has 1 aliphatic rings. The highest BCUT2D eigenvalue weighted by Gasteiger charge is 2.32. The van der Waals surface area contributed by atoms with Gasteiger partial charge in [0.1, 0.15) is 12.4 Å². The molecule has 0 amide bonds. The van der Waals surface area contributed by atoms with Crippen molar-refractivity contribution in [2.45, 2.75) is 4.90 Å². The molecule has 1 aromatic rings. The van der Waals surface area contributed by atoms with Gasteiger partial charge in [0.05, 0.1) is 26.4 Å². The Balaban J connectivity index is 2.47. The standard InChI is InChI=1S/C15H17NO5S/c1-19-14(17)12-8-21-9-16(13(12)15(18)20-2)10-4-6-11(22-3)7-5-10/h4-7H,8-9H2,1-3H3.